The van der Waals surface area contributed by atoms with Crippen LogP contribution in [0.3, 0.4) is 0 Å². The predicted octanol–water partition coefficient (Wildman–Crippen LogP) is 7.58. The summed E-state index contributed by atoms with van der Waals surface area (Å²) in [5, 5.41) is 19.2. The Kier molecular flexibility index (Phi) is 20.1. The number of ether oxygens (including phenoxy) is 4. The summed E-state index contributed by atoms with van der Waals surface area (Å²) in [4.78, 5) is 51.9. The Labute approximate surface area is 353 Å². The lowest BCUT2D eigenvalue weighted by Gasteiger charge is -2.25. The van der Waals surface area contributed by atoms with Crippen LogP contribution >= 0.6 is 0 Å². The minimum Gasteiger partial charge on any atom is -0.459 e. The lowest BCUT2D eigenvalue weighted by molar-refractivity contribution is -0.146. The Morgan fingerprint density at radius 2 is 1.00 bits per heavy atom. The molecule has 12 heteroatoms. The Balaban J connectivity index is 1.56. The third kappa shape index (κ3) is 15.1. The van der Waals surface area contributed by atoms with Crippen molar-refractivity contribution in [2.24, 2.45) is 0 Å². The van der Waals surface area contributed by atoms with Gasteiger partial charge in [-0.05, 0) is 123 Å². The van der Waals surface area contributed by atoms with Crippen LogP contribution in [0.25, 0.3) is 12.2 Å². The first kappa shape index (κ1) is 47.5. The second-order valence-corrected chi connectivity index (χ2v) is 13.6. The highest BCUT2D eigenvalue weighted by atomic mass is 16.6. The summed E-state index contributed by atoms with van der Waals surface area (Å²) in [6.45, 7) is 17.5. The van der Waals surface area contributed by atoms with Crippen molar-refractivity contribution in [2.75, 3.05) is 62.4 Å². The highest BCUT2D eigenvalue weighted by molar-refractivity contribution is 5.98. The summed E-state index contributed by atoms with van der Waals surface area (Å²) in [6, 6.07) is 24.3. The van der Waals surface area contributed by atoms with Crippen LogP contribution in [0.1, 0.15) is 60.1 Å². The number of rotatable bonds is 24. The normalized spacial score (nSPS) is 11.0. The van der Waals surface area contributed by atoms with Gasteiger partial charge < -0.3 is 28.7 Å². The second-order valence-electron chi connectivity index (χ2n) is 13.6. The van der Waals surface area contributed by atoms with Crippen molar-refractivity contribution >= 4 is 47.4 Å². The van der Waals surface area contributed by atoms with Crippen molar-refractivity contribution in [2.45, 2.75) is 53.4 Å². The summed E-state index contributed by atoms with van der Waals surface area (Å²) in [5.41, 5.74) is 7.76. The molecular weight excluding hydrogens is 761 g/mol. The van der Waals surface area contributed by atoms with Crippen LogP contribution < -0.4 is 9.80 Å². The van der Waals surface area contributed by atoms with E-state index in [0.717, 1.165) is 97.6 Å². The van der Waals surface area contributed by atoms with Gasteiger partial charge in [0.25, 0.3) is 0 Å². The third-order valence-electron chi connectivity index (χ3n) is 9.60. The Bertz CT molecular complexity index is 1990. The number of hydrogen-bond acceptors (Lipinski definition) is 12. The number of esters is 4. The van der Waals surface area contributed by atoms with Crippen molar-refractivity contribution in [3.63, 3.8) is 0 Å². The zero-order valence-electron chi connectivity index (χ0n) is 35.0. The second kappa shape index (κ2) is 25.4. The Hall–Kier alpha value is -6.92. The number of nitrogens with zero attached hydrogens (tertiary/aromatic N) is 4. The molecule has 314 valence electrons. The highest BCUT2D eigenvalue weighted by Crippen LogP contribution is 2.24. The summed E-state index contributed by atoms with van der Waals surface area (Å²) < 4.78 is 19.8. The number of benzene rings is 3. The molecule has 3 aromatic carbocycles. The topological polar surface area (TPSA) is 159 Å². The predicted molar refractivity (Wildman–Crippen MR) is 233 cm³/mol. The van der Waals surface area contributed by atoms with Crippen LogP contribution in [0, 0.1) is 36.5 Å². The van der Waals surface area contributed by atoms with Gasteiger partial charge in [0.05, 0.1) is 0 Å². The molecule has 0 amide bonds. The fourth-order valence-electron chi connectivity index (χ4n) is 6.35. The van der Waals surface area contributed by atoms with Gasteiger partial charge in [-0.15, -0.1) is 0 Å². The average molecular weight is 815 g/mol. The van der Waals surface area contributed by atoms with Crippen molar-refractivity contribution in [3.05, 3.63) is 131 Å². The molecule has 0 aliphatic rings. The van der Waals surface area contributed by atoms with E-state index in [1.165, 1.54) is 23.3 Å². The third-order valence-corrected chi connectivity index (χ3v) is 9.60. The molecule has 0 bridgehead atoms. The van der Waals surface area contributed by atoms with Gasteiger partial charge in [0.2, 0.25) is 0 Å². The standard InChI is InChI=1S/C48H54N4O8/c1-7-45(53)57-25-27-59-47(55)41(33-49)31-39-19-21-43(29-35(39)5)51(9-3)23-13-17-37-15-11-12-16-38(37)18-14-24-52(10-4)44-22-20-40(36(6)30-44)32-42(34-50)48(56)60-28-26-58-46(54)8-2/h7-8,11-12,15-16,19-22,29-32H,1-2,9-10,13-14,17-18,23-28H2,3-6H3/b41-31+,42-32+. The lowest BCUT2D eigenvalue weighted by atomic mass is 9.98. The SMILES string of the molecule is C=CC(=O)OCCOC(=O)/C(C#N)=C/c1ccc(N(CC)CCCc2ccccc2CCCN(CC)c2ccc(/C=C(\C#N)C(=O)OCCOC(=O)C=C)c(C)c2)cc1C. The van der Waals surface area contributed by atoms with Crippen LogP contribution in [0.15, 0.2) is 97.1 Å². The van der Waals surface area contributed by atoms with Crippen LogP contribution in [0.2, 0.25) is 0 Å². The fourth-order valence-corrected chi connectivity index (χ4v) is 6.35. The molecule has 0 saturated carbocycles. The largest absolute Gasteiger partial charge is 0.459 e. The summed E-state index contributed by atoms with van der Waals surface area (Å²) >= 11 is 0. The maximum absolute atomic E-state index is 12.4. The number of carbonyl (C=O) groups excluding carboxylic acids is 4. The van der Waals surface area contributed by atoms with Gasteiger partial charge in [0.1, 0.15) is 49.7 Å². The van der Waals surface area contributed by atoms with Crippen molar-refractivity contribution in [1.82, 2.24) is 0 Å². The molecule has 3 rings (SSSR count). The van der Waals surface area contributed by atoms with Gasteiger partial charge in [-0.1, -0.05) is 49.6 Å². The van der Waals surface area contributed by atoms with E-state index < -0.39 is 23.9 Å². The molecule has 0 saturated heterocycles. The number of anilines is 2. The minimum absolute atomic E-state index is 0.130. The number of aryl methyl sites for hydroxylation is 4. The first-order chi connectivity index (χ1) is 29.0. The molecule has 0 radical (unpaired) electrons. The summed E-state index contributed by atoms with van der Waals surface area (Å²) in [7, 11) is 0. The van der Waals surface area contributed by atoms with E-state index in [-0.39, 0.29) is 37.6 Å². The monoisotopic (exact) mass is 814 g/mol. The zero-order chi connectivity index (χ0) is 43.9. The van der Waals surface area contributed by atoms with Gasteiger partial charge in [-0.2, -0.15) is 10.5 Å². The molecule has 0 fully saturated rings. The molecule has 0 unspecified atom stereocenters. The number of carbonyl (C=O) groups is 4. The van der Waals surface area contributed by atoms with Crippen LogP contribution in [-0.4, -0.2) is 76.5 Å². The summed E-state index contributed by atoms with van der Waals surface area (Å²) in [5.74, 6) is -2.82. The molecular formula is C48H54N4O8. The Morgan fingerprint density at radius 3 is 1.33 bits per heavy atom. The molecule has 0 N–H and O–H groups in total. The number of hydrogen-bond donors (Lipinski definition) is 0. The molecule has 60 heavy (non-hydrogen) atoms. The first-order valence-corrected chi connectivity index (χ1v) is 19.9. The van der Waals surface area contributed by atoms with Crippen LogP contribution in [0.4, 0.5) is 11.4 Å². The van der Waals surface area contributed by atoms with E-state index in [9.17, 15) is 29.7 Å². The quantitative estimate of drug-likeness (QED) is 0.0287. The van der Waals surface area contributed by atoms with Gasteiger partial charge in [-0.3, -0.25) is 0 Å². The lowest BCUT2D eigenvalue weighted by Crippen LogP contribution is -2.25. The summed E-state index contributed by atoms with van der Waals surface area (Å²) in [6.07, 6.45) is 8.82. The van der Waals surface area contributed by atoms with Gasteiger partial charge in [0.15, 0.2) is 0 Å². The van der Waals surface area contributed by atoms with Crippen molar-refractivity contribution in [3.8, 4) is 12.1 Å². The molecule has 0 aliphatic carbocycles. The van der Waals surface area contributed by atoms with Gasteiger partial charge in [-0.25, -0.2) is 19.2 Å². The smallest absolute Gasteiger partial charge is 0.349 e. The molecule has 0 atom stereocenters. The van der Waals surface area contributed by atoms with E-state index in [0.29, 0.717) is 0 Å². The minimum atomic E-state index is -0.789. The van der Waals surface area contributed by atoms with Gasteiger partial charge >= 0.3 is 23.9 Å². The molecule has 0 spiro atoms. The van der Waals surface area contributed by atoms with Crippen molar-refractivity contribution < 1.29 is 38.1 Å². The van der Waals surface area contributed by atoms with E-state index in [1.807, 2.05) is 50.3 Å². The van der Waals surface area contributed by atoms with Crippen LogP contribution in [-0.2, 0) is 51.0 Å². The first-order valence-electron chi connectivity index (χ1n) is 19.9. The van der Waals surface area contributed by atoms with Crippen LogP contribution in [0.5, 0.6) is 0 Å². The van der Waals surface area contributed by atoms with E-state index >= 15 is 0 Å². The maximum atomic E-state index is 12.4. The van der Waals surface area contributed by atoms with E-state index in [1.54, 1.807) is 0 Å². The van der Waals surface area contributed by atoms with Crippen molar-refractivity contribution in [1.29, 1.82) is 10.5 Å². The Morgan fingerprint density at radius 1 is 0.617 bits per heavy atom. The fraction of sp³-hybridized carbons (Fsp3) is 0.333. The average Bonchev–Trinajstić information content (AvgIpc) is 3.26. The molecule has 3 aromatic rings. The zero-order valence-corrected chi connectivity index (χ0v) is 35.0. The van der Waals surface area contributed by atoms with E-state index in [2.05, 4.69) is 73.2 Å². The maximum Gasteiger partial charge on any atom is 0.349 e. The molecule has 0 aliphatic heterocycles. The molecule has 0 heterocycles. The molecule has 12 nitrogen and oxygen atoms in total. The van der Waals surface area contributed by atoms with Gasteiger partial charge in [0, 0.05) is 49.7 Å². The highest BCUT2D eigenvalue weighted by Gasteiger charge is 2.15. The molecule has 0 aromatic heterocycles. The van der Waals surface area contributed by atoms with E-state index in [4.69, 9.17) is 18.9 Å². The number of nitriles is 2.